The maximum atomic E-state index is 12.5. The summed E-state index contributed by atoms with van der Waals surface area (Å²) in [5, 5.41) is 9.12. The van der Waals surface area contributed by atoms with Gasteiger partial charge in [0.1, 0.15) is 17.6 Å². The number of nitriles is 1. The average Bonchev–Trinajstić information content (AvgIpc) is 3.23. The van der Waals surface area contributed by atoms with E-state index in [1.807, 2.05) is 23.2 Å². The zero-order valence-electron chi connectivity index (χ0n) is 15.4. The standard InChI is InChI=1S/C20H24N6O/c21-11-16-3-1-4-18(24-16)25-9-2-7-20(13-25)8-5-19(27)26(14-20)10-6-17-12-22-15-23-17/h1,3-4,12,15H,2,5-10,13-14H2,(H,22,23)/t20-/m1/s1. The number of pyridine rings is 1. The molecular weight excluding hydrogens is 340 g/mol. The highest BCUT2D eigenvalue weighted by Gasteiger charge is 2.41. The van der Waals surface area contributed by atoms with Gasteiger partial charge < -0.3 is 14.8 Å². The molecule has 7 heteroatoms. The van der Waals surface area contributed by atoms with Crippen molar-refractivity contribution < 1.29 is 4.79 Å². The van der Waals surface area contributed by atoms with E-state index in [4.69, 9.17) is 5.26 Å². The SMILES string of the molecule is N#Cc1cccc(N2CCC[C@@]3(CCC(=O)N(CCc4cnc[nH]4)C3)C2)n1. The van der Waals surface area contributed by atoms with Crippen LogP contribution in [0.2, 0.25) is 0 Å². The third kappa shape index (κ3) is 3.80. The molecule has 2 aromatic rings. The van der Waals surface area contributed by atoms with E-state index in [-0.39, 0.29) is 11.3 Å². The molecule has 4 rings (SSSR count). The third-order valence-electron chi connectivity index (χ3n) is 5.79. The molecule has 2 fully saturated rings. The Bertz CT molecular complexity index is 842. The number of carbonyl (C=O) groups excluding carboxylic acids is 1. The molecule has 0 radical (unpaired) electrons. The van der Waals surface area contributed by atoms with Gasteiger partial charge in [0.25, 0.3) is 0 Å². The van der Waals surface area contributed by atoms with Crippen LogP contribution in [0.3, 0.4) is 0 Å². The fourth-order valence-corrected chi connectivity index (χ4v) is 4.38. The molecule has 0 bridgehead atoms. The molecule has 2 aromatic heterocycles. The van der Waals surface area contributed by atoms with Crippen LogP contribution >= 0.6 is 0 Å². The van der Waals surface area contributed by atoms with Crippen LogP contribution in [0.5, 0.6) is 0 Å². The lowest BCUT2D eigenvalue weighted by Gasteiger charge is -2.48. The Balaban J connectivity index is 1.46. The Morgan fingerprint density at radius 1 is 1.30 bits per heavy atom. The second kappa shape index (κ2) is 7.39. The van der Waals surface area contributed by atoms with Crippen LogP contribution in [0.15, 0.2) is 30.7 Å². The van der Waals surface area contributed by atoms with Crippen LogP contribution in [-0.2, 0) is 11.2 Å². The number of nitrogens with zero attached hydrogens (tertiary/aromatic N) is 5. The van der Waals surface area contributed by atoms with Gasteiger partial charge in [0, 0.05) is 56.3 Å². The minimum Gasteiger partial charge on any atom is -0.356 e. The molecule has 1 atom stereocenters. The molecule has 2 aliphatic rings. The van der Waals surface area contributed by atoms with E-state index in [0.717, 1.165) is 63.4 Å². The topological polar surface area (TPSA) is 88.9 Å². The first-order valence-electron chi connectivity index (χ1n) is 9.55. The summed E-state index contributed by atoms with van der Waals surface area (Å²) in [6.45, 7) is 3.37. The number of aromatic amines is 1. The molecule has 1 spiro atoms. The smallest absolute Gasteiger partial charge is 0.222 e. The molecule has 0 aromatic carbocycles. The Morgan fingerprint density at radius 2 is 2.22 bits per heavy atom. The van der Waals surface area contributed by atoms with Crippen molar-refractivity contribution in [3.05, 3.63) is 42.1 Å². The summed E-state index contributed by atoms with van der Waals surface area (Å²) < 4.78 is 0. The number of nitrogens with one attached hydrogen (secondary N) is 1. The number of anilines is 1. The van der Waals surface area contributed by atoms with Crippen molar-refractivity contribution in [2.75, 3.05) is 31.1 Å². The van der Waals surface area contributed by atoms with E-state index in [2.05, 4.69) is 25.9 Å². The van der Waals surface area contributed by atoms with Crippen molar-refractivity contribution in [3.8, 4) is 6.07 Å². The number of rotatable bonds is 4. The number of aromatic nitrogens is 3. The van der Waals surface area contributed by atoms with Gasteiger partial charge in [-0.05, 0) is 31.4 Å². The number of H-pyrrole nitrogens is 1. The highest BCUT2D eigenvalue weighted by Crippen LogP contribution is 2.39. The number of amides is 1. The van der Waals surface area contributed by atoms with Gasteiger partial charge in [-0.15, -0.1) is 0 Å². The van der Waals surface area contributed by atoms with Gasteiger partial charge in [-0.3, -0.25) is 4.79 Å². The monoisotopic (exact) mass is 364 g/mol. The second-order valence-corrected chi connectivity index (χ2v) is 7.66. The number of hydrogen-bond acceptors (Lipinski definition) is 5. The minimum atomic E-state index is 0.116. The molecule has 27 heavy (non-hydrogen) atoms. The van der Waals surface area contributed by atoms with Gasteiger partial charge >= 0.3 is 0 Å². The molecule has 140 valence electrons. The van der Waals surface area contributed by atoms with E-state index in [1.54, 1.807) is 12.4 Å². The van der Waals surface area contributed by atoms with E-state index >= 15 is 0 Å². The van der Waals surface area contributed by atoms with Gasteiger partial charge in [-0.25, -0.2) is 9.97 Å². The molecule has 2 aliphatic heterocycles. The molecule has 0 saturated carbocycles. The summed E-state index contributed by atoms with van der Waals surface area (Å²) in [6, 6.07) is 7.73. The molecule has 4 heterocycles. The van der Waals surface area contributed by atoms with Crippen molar-refractivity contribution in [1.29, 1.82) is 5.26 Å². The van der Waals surface area contributed by atoms with Crippen LogP contribution in [0.25, 0.3) is 0 Å². The highest BCUT2D eigenvalue weighted by molar-refractivity contribution is 5.77. The summed E-state index contributed by atoms with van der Waals surface area (Å²) in [7, 11) is 0. The summed E-state index contributed by atoms with van der Waals surface area (Å²) >= 11 is 0. The maximum Gasteiger partial charge on any atom is 0.222 e. The van der Waals surface area contributed by atoms with Crippen molar-refractivity contribution in [2.24, 2.45) is 5.41 Å². The summed E-state index contributed by atoms with van der Waals surface area (Å²) in [5.74, 6) is 1.12. The predicted octanol–water partition coefficient (Wildman–Crippen LogP) is 2.13. The zero-order valence-corrected chi connectivity index (χ0v) is 15.4. The lowest BCUT2D eigenvalue weighted by molar-refractivity contribution is -0.137. The molecule has 0 aliphatic carbocycles. The van der Waals surface area contributed by atoms with E-state index < -0.39 is 0 Å². The molecule has 0 unspecified atom stereocenters. The first-order chi connectivity index (χ1) is 13.2. The number of piperidine rings is 2. The normalized spacial score (nSPS) is 22.9. The van der Waals surface area contributed by atoms with Crippen LogP contribution in [0.1, 0.15) is 37.1 Å². The van der Waals surface area contributed by atoms with E-state index in [1.165, 1.54) is 0 Å². The Morgan fingerprint density at radius 3 is 3.04 bits per heavy atom. The van der Waals surface area contributed by atoms with Crippen molar-refractivity contribution in [3.63, 3.8) is 0 Å². The third-order valence-corrected chi connectivity index (χ3v) is 5.79. The van der Waals surface area contributed by atoms with Crippen LogP contribution < -0.4 is 4.90 Å². The number of hydrogen-bond donors (Lipinski definition) is 1. The van der Waals surface area contributed by atoms with Gasteiger partial charge in [0.15, 0.2) is 0 Å². The largest absolute Gasteiger partial charge is 0.356 e. The molecule has 7 nitrogen and oxygen atoms in total. The lowest BCUT2D eigenvalue weighted by Crippen LogP contribution is -2.54. The fourth-order valence-electron chi connectivity index (χ4n) is 4.38. The molecule has 1 amide bonds. The van der Waals surface area contributed by atoms with Crippen LogP contribution in [0.4, 0.5) is 5.82 Å². The summed E-state index contributed by atoms with van der Waals surface area (Å²) in [4.78, 5) is 28.4. The van der Waals surface area contributed by atoms with Crippen molar-refractivity contribution in [1.82, 2.24) is 19.9 Å². The number of carbonyl (C=O) groups is 1. The first kappa shape index (κ1) is 17.5. The van der Waals surface area contributed by atoms with Crippen LogP contribution in [0, 0.1) is 16.7 Å². The van der Waals surface area contributed by atoms with Crippen molar-refractivity contribution in [2.45, 2.75) is 32.1 Å². The quantitative estimate of drug-likeness (QED) is 0.898. The maximum absolute atomic E-state index is 12.5. The molecular formula is C20H24N6O. The first-order valence-corrected chi connectivity index (χ1v) is 9.55. The van der Waals surface area contributed by atoms with Gasteiger partial charge in [-0.1, -0.05) is 6.07 Å². The minimum absolute atomic E-state index is 0.116. The van der Waals surface area contributed by atoms with Gasteiger partial charge in [0.05, 0.1) is 6.33 Å². The zero-order chi connectivity index (χ0) is 18.7. The Hall–Kier alpha value is -2.88. The highest BCUT2D eigenvalue weighted by atomic mass is 16.2. The number of imidazole rings is 1. The predicted molar refractivity (Wildman–Crippen MR) is 101 cm³/mol. The summed E-state index contributed by atoms with van der Waals surface area (Å²) in [5.41, 5.74) is 1.63. The summed E-state index contributed by atoms with van der Waals surface area (Å²) in [6.07, 6.45) is 8.06. The fraction of sp³-hybridized carbons (Fsp3) is 0.500. The van der Waals surface area contributed by atoms with E-state index in [9.17, 15) is 4.79 Å². The van der Waals surface area contributed by atoms with Crippen molar-refractivity contribution >= 4 is 11.7 Å². The van der Waals surface area contributed by atoms with E-state index in [0.29, 0.717) is 12.1 Å². The van der Waals surface area contributed by atoms with Crippen LogP contribution in [-0.4, -0.2) is 51.9 Å². The Kier molecular flexibility index (Phi) is 4.80. The Labute approximate surface area is 159 Å². The molecule has 2 saturated heterocycles. The van der Waals surface area contributed by atoms with Gasteiger partial charge in [0.2, 0.25) is 5.91 Å². The lowest BCUT2D eigenvalue weighted by atomic mass is 9.73. The second-order valence-electron chi connectivity index (χ2n) is 7.66. The number of likely N-dealkylation sites (tertiary alicyclic amines) is 1. The van der Waals surface area contributed by atoms with Gasteiger partial charge in [-0.2, -0.15) is 5.26 Å². The average molecular weight is 364 g/mol. The molecule has 1 N–H and O–H groups in total.